The molecule has 0 aromatic heterocycles. The lowest BCUT2D eigenvalue weighted by Gasteiger charge is -2.33. The van der Waals surface area contributed by atoms with Crippen molar-refractivity contribution in [3.63, 3.8) is 0 Å². The second-order valence-corrected chi connectivity index (χ2v) is 7.77. The number of hydrogen-bond donors (Lipinski definition) is 1. The molecule has 0 saturated heterocycles. The summed E-state index contributed by atoms with van der Waals surface area (Å²) in [5.41, 5.74) is 0. The summed E-state index contributed by atoms with van der Waals surface area (Å²) in [5.74, 6) is -1.70. The van der Waals surface area contributed by atoms with Gasteiger partial charge in [-0.25, -0.2) is 0 Å². The standard InChI is InChI=1S/C21H37NO5/c1-5-6-7-8-9-10-11-12-13-14-18(23)17-21(26)27-19(22(2,3)4)15-16-20(24)25/h10-13,18-19,23H,5-9,14-17H2,1-4H3/b11-10+,13-12+/t18?,19-/m0/s1. The number of esters is 1. The third-order valence-corrected chi connectivity index (χ3v) is 4.14. The van der Waals surface area contributed by atoms with E-state index in [9.17, 15) is 19.8 Å². The molecule has 1 unspecified atom stereocenters. The molecule has 0 aliphatic heterocycles. The normalized spacial score (nSPS) is 14.6. The molecule has 2 atom stereocenters. The first-order valence-electron chi connectivity index (χ1n) is 9.87. The van der Waals surface area contributed by atoms with Gasteiger partial charge in [0, 0.05) is 12.4 Å². The van der Waals surface area contributed by atoms with E-state index in [1.54, 1.807) is 0 Å². The number of quaternary nitrogens is 1. The van der Waals surface area contributed by atoms with Crippen LogP contribution in [-0.4, -0.2) is 55.0 Å². The fraction of sp³-hybridized carbons (Fsp3) is 0.714. The van der Waals surface area contributed by atoms with E-state index in [4.69, 9.17) is 4.74 Å². The second kappa shape index (κ2) is 14.4. The predicted molar refractivity (Wildman–Crippen MR) is 104 cm³/mol. The SMILES string of the molecule is CCCCCC/C=C/C=C/CC(O)CC(=O)O[C@@H](CCC(=O)[O-])[N+](C)(C)C. The molecular weight excluding hydrogens is 346 g/mol. The summed E-state index contributed by atoms with van der Waals surface area (Å²) in [4.78, 5) is 22.7. The van der Waals surface area contributed by atoms with Crippen molar-refractivity contribution in [2.75, 3.05) is 21.1 Å². The average Bonchev–Trinajstić information content (AvgIpc) is 2.55. The average molecular weight is 384 g/mol. The van der Waals surface area contributed by atoms with E-state index in [0.29, 0.717) is 6.42 Å². The second-order valence-electron chi connectivity index (χ2n) is 7.77. The van der Waals surface area contributed by atoms with Crippen LogP contribution in [0.5, 0.6) is 0 Å². The highest BCUT2D eigenvalue weighted by atomic mass is 16.6. The van der Waals surface area contributed by atoms with Gasteiger partial charge in [-0.1, -0.05) is 50.5 Å². The molecule has 6 nitrogen and oxygen atoms in total. The Bertz CT molecular complexity index is 479. The molecular formula is C21H37NO5. The Morgan fingerprint density at radius 2 is 1.78 bits per heavy atom. The number of carbonyl (C=O) groups excluding carboxylic acids is 2. The van der Waals surface area contributed by atoms with Crippen LogP contribution in [0.15, 0.2) is 24.3 Å². The molecule has 0 heterocycles. The van der Waals surface area contributed by atoms with Gasteiger partial charge in [-0.05, 0) is 25.7 Å². The van der Waals surface area contributed by atoms with E-state index < -0.39 is 24.3 Å². The number of aliphatic hydroxyl groups excluding tert-OH is 1. The Labute approximate surface area is 164 Å². The van der Waals surface area contributed by atoms with E-state index in [0.717, 1.165) is 6.42 Å². The van der Waals surface area contributed by atoms with Gasteiger partial charge < -0.3 is 19.7 Å². The molecule has 1 N–H and O–H groups in total. The minimum absolute atomic E-state index is 0.118. The van der Waals surface area contributed by atoms with E-state index in [-0.39, 0.29) is 23.7 Å². The number of aliphatic hydroxyl groups is 1. The first-order chi connectivity index (χ1) is 12.7. The highest BCUT2D eigenvalue weighted by Crippen LogP contribution is 2.14. The van der Waals surface area contributed by atoms with Crippen LogP contribution in [0.25, 0.3) is 0 Å². The van der Waals surface area contributed by atoms with Gasteiger partial charge in [0.2, 0.25) is 6.23 Å². The molecule has 0 aromatic carbocycles. The van der Waals surface area contributed by atoms with Crippen LogP contribution in [0, 0.1) is 0 Å². The Hall–Kier alpha value is -1.66. The van der Waals surface area contributed by atoms with Crippen molar-refractivity contribution >= 4 is 11.9 Å². The highest BCUT2D eigenvalue weighted by molar-refractivity contribution is 5.70. The molecule has 0 aliphatic rings. The molecule has 0 aromatic rings. The third-order valence-electron chi connectivity index (χ3n) is 4.14. The molecule has 0 bridgehead atoms. The number of rotatable bonds is 15. The molecule has 0 saturated carbocycles. The fourth-order valence-corrected chi connectivity index (χ4v) is 2.50. The van der Waals surface area contributed by atoms with Gasteiger partial charge in [0.15, 0.2) is 0 Å². The zero-order valence-electron chi connectivity index (χ0n) is 17.4. The van der Waals surface area contributed by atoms with Crippen LogP contribution >= 0.6 is 0 Å². The fourth-order valence-electron chi connectivity index (χ4n) is 2.50. The van der Waals surface area contributed by atoms with Crippen molar-refractivity contribution in [1.29, 1.82) is 0 Å². The Morgan fingerprint density at radius 3 is 2.37 bits per heavy atom. The van der Waals surface area contributed by atoms with Crippen LogP contribution in [0.1, 0.15) is 64.7 Å². The van der Waals surface area contributed by atoms with E-state index in [1.165, 1.54) is 25.7 Å². The van der Waals surface area contributed by atoms with Crippen molar-refractivity contribution in [1.82, 2.24) is 0 Å². The number of allylic oxidation sites excluding steroid dienone is 3. The smallest absolute Gasteiger partial charge is 0.312 e. The number of unbranched alkanes of at least 4 members (excludes halogenated alkanes) is 4. The van der Waals surface area contributed by atoms with Gasteiger partial charge in [0.05, 0.1) is 33.7 Å². The third kappa shape index (κ3) is 15.1. The molecule has 6 heteroatoms. The van der Waals surface area contributed by atoms with Crippen molar-refractivity contribution in [3.05, 3.63) is 24.3 Å². The first-order valence-corrected chi connectivity index (χ1v) is 9.87. The maximum atomic E-state index is 12.0. The van der Waals surface area contributed by atoms with Gasteiger partial charge >= 0.3 is 5.97 Å². The van der Waals surface area contributed by atoms with Crippen LogP contribution < -0.4 is 5.11 Å². The van der Waals surface area contributed by atoms with Gasteiger partial charge in [-0.2, -0.15) is 0 Å². The largest absolute Gasteiger partial charge is 0.550 e. The number of aliphatic carboxylic acids is 1. The monoisotopic (exact) mass is 383 g/mol. The van der Waals surface area contributed by atoms with E-state index in [2.05, 4.69) is 13.0 Å². The van der Waals surface area contributed by atoms with Crippen LogP contribution in [0.2, 0.25) is 0 Å². The summed E-state index contributed by atoms with van der Waals surface area (Å²) < 4.78 is 5.66. The Kier molecular flexibility index (Phi) is 13.5. The quantitative estimate of drug-likeness (QED) is 0.154. The summed E-state index contributed by atoms with van der Waals surface area (Å²) in [7, 11) is 5.46. The van der Waals surface area contributed by atoms with Crippen LogP contribution in [0.4, 0.5) is 0 Å². The minimum Gasteiger partial charge on any atom is -0.550 e. The van der Waals surface area contributed by atoms with Gasteiger partial charge in [-0.3, -0.25) is 9.28 Å². The zero-order chi connectivity index (χ0) is 20.7. The maximum Gasteiger partial charge on any atom is 0.312 e. The molecule has 27 heavy (non-hydrogen) atoms. The number of carboxylic acids is 1. The molecule has 0 radical (unpaired) electrons. The lowest BCUT2D eigenvalue weighted by atomic mass is 10.1. The number of carbonyl (C=O) groups is 2. The van der Waals surface area contributed by atoms with Gasteiger partial charge in [-0.15, -0.1) is 0 Å². The van der Waals surface area contributed by atoms with Crippen molar-refractivity contribution in [2.45, 2.75) is 77.0 Å². The molecule has 0 spiro atoms. The number of nitrogens with zero attached hydrogens (tertiary/aromatic N) is 1. The maximum absolute atomic E-state index is 12.0. The number of carboxylic acid groups (broad SMARTS) is 1. The summed E-state index contributed by atoms with van der Waals surface area (Å²) in [6, 6.07) is 0. The van der Waals surface area contributed by atoms with Crippen molar-refractivity contribution < 1.29 is 29.0 Å². The Morgan fingerprint density at radius 1 is 1.11 bits per heavy atom. The lowest BCUT2D eigenvalue weighted by Crippen LogP contribution is -2.48. The lowest BCUT2D eigenvalue weighted by molar-refractivity contribution is -0.917. The zero-order valence-corrected chi connectivity index (χ0v) is 17.4. The summed E-state index contributed by atoms with van der Waals surface area (Å²) in [5, 5.41) is 20.6. The summed E-state index contributed by atoms with van der Waals surface area (Å²) in [6.45, 7) is 2.19. The number of hydrogen-bond acceptors (Lipinski definition) is 5. The first kappa shape index (κ1) is 25.3. The van der Waals surface area contributed by atoms with Crippen LogP contribution in [0.3, 0.4) is 0 Å². The van der Waals surface area contributed by atoms with Gasteiger partial charge in [0.1, 0.15) is 0 Å². The summed E-state index contributed by atoms with van der Waals surface area (Å²) >= 11 is 0. The summed E-state index contributed by atoms with van der Waals surface area (Å²) in [6.07, 6.45) is 12.6. The molecule has 0 amide bonds. The topological polar surface area (TPSA) is 86.7 Å². The Balaban J connectivity index is 4.18. The minimum atomic E-state index is -1.17. The highest BCUT2D eigenvalue weighted by Gasteiger charge is 2.28. The molecule has 0 aliphatic carbocycles. The molecule has 156 valence electrons. The number of ether oxygens (including phenoxy) is 1. The van der Waals surface area contributed by atoms with E-state index in [1.807, 2.05) is 39.4 Å². The molecule has 0 rings (SSSR count). The molecule has 0 fully saturated rings. The predicted octanol–water partition coefficient (Wildman–Crippen LogP) is 2.32. The van der Waals surface area contributed by atoms with E-state index >= 15 is 0 Å². The van der Waals surface area contributed by atoms with Gasteiger partial charge in [0.25, 0.3) is 0 Å². The van der Waals surface area contributed by atoms with Crippen LogP contribution in [-0.2, 0) is 14.3 Å². The van der Waals surface area contributed by atoms with Crippen molar-refractivity contribution in [3.8, 4) is 0 Å². The van der Waals surface area contributed by atoms with Crippen molar-refractivity contribution in [2.24, 2.45) is 0 Å².